The van der Waals surface area contributed by atoms with Crippen LogP contribution in [0.2, 0.25) is 0 Å². The molecule has 2 N–H and O–H groups in total. The highest BCUT2D eigenvalue weighted by molar-refractivity contribution is 7.71. The molecule has 3 aromatic rings. The van der Waals surface area contributed by atoms with Crippen LogP contribution in [0.5, 0.6) is 0 Å². The number of nitrogens with one attached hydrogen (secondary N) is 2. The Labute approximate surface area is 180 Å². The average molecular weight is 426 g/mol. The van der Waals surface area contributed by atoms with Crippen molar-refractivity contribution in [1.82, 2.24) is 9.55 Å². The molecule has 0 radical (unpaired) electrons. The third kappa shape index (κ3) is 4.86. The van der Waals surface area contributed by atoms with Crippen LogP contribution >= 0.6 is 12.2 Å². The molecule has 158 valence electrons. The Bertz CT molecular complexity index is 1170. The highest BCUT2D eigenvalue weighted by Gasteiger charge is 2.14. The van der Waals surface area contributed by atoms with Gasteiger partial charge >= 0.3 is 0 Å². The first kappa shape index (κ1) is 21.9. The van der Waals surface area contributed by atoms with Crippen molar-refractivity contribution < 1.29 is 9.53 Å². The van der Waals surface area contributed by atoms with E-state index in [2.05, 4.69) is 31.1 Å². The lowest BCUT2D eigenvalue weighted by atomic mass is 9.87. The van der Waals surface area contributed by atoms with Crippen LogP contribution in [-0.4, -0.2) is 29.2 Å². The summed E-state index contributed by atoms with van der Waals surface area (Å²) in [6.45, 7) is 7.46. The van der Waals surface area contributed by atoms with E-state index in [1.165, 1.54) is 10.1 Å². The minimum atomic E-state index is -0.246. The molecule has 0 aliphatic heterocycles. The number of nitrogens with zero attached hydrogens (tertiary/aromatic N) is 1. The van der Waals surface area contributed by atoms with Crippen molar-refractivity contribution in [3.8, 4) is 0 Å². The Hall–Kier alpha value is -2.77. The van der Waals surface area contributed by atoms with Crippen molar-refractivity contribution in [3.63, 3.8) is 0 Å². The number of anilines is 1. The lowest BCUT2D eigenvalue weighted by molar-refractivity contribution is 0.102. The van der Waals surface area contributed by atoms with Crippen molar-refractivity contribution in [2.75, 3.05) is 19.0 Å². The van der Waals surface area contributed by atoms with Crippen molar-refractivity contribution in [3.05, 3.63) is 68.7 Å². The van der Waals surface area contributed by atoms with E-state index in [1.807, 2.05) is 24.3 Å². The highest BCUT2D eigenvalue weighted by Crippen LogP contribution is 2.23. The van der Waals surface area contributed by atoms with Crippen LogP contribution in [0.4, 0.5) is 5.69 Å². The van der Waals surface area contributed by atoms with Crippen molar-refractivity contribution in [2.24, 2.45) is 0 Å². The highest BCUT2D eigenvalue weighted by atomic mass is 32.1. The molecule has 30 heavy (non-hydrogen) atoms. The van der Waals surface area contributed by atoms with Gasteiger partial charge in [-0.2, -0.15) is 0 Å². The molecule has 0 aliphatic rings. The van der Waals surface area contributed by atoms with Gasteiger partial charge in [-0.3, -0.25) is 14.2 Å². The van der Waals surface area contributed by atoms with E-state index in [4.69, 9.17) is 17.0 Å². The lowest BCUT2D eigenvalue weighted by Gasteiger charge is -2.19. The molecule has 0 unspecified atom stereocenters. The molecule has 0 spiro atoms. The molecule has 0 bridgehead atoms. The molecule has 0 saturated carbocycles. The smallest absolute Gasteiger partial charge is 0.262 e. The van der Waals surface area contributed by atoms with Gasteiger partial charge in [-0.05, 0) is 59.9 Å². The number of hydrogen-bond donors (Lipinski definition) is 2. The van der Waals surface area contributed by atoms with Crippen LogP contribution in [0.1, 0.15) is 43.1 Å². The standard InChI is InChI=1S/C23H27N3O3S/c1-23(2,3)16-7-9-17(10-8-16)24-20(27)15-6-11-18-19(14-15)25-22(30)26(21(18)28)12-5-13-29-4/h6-11,14H,5,12-13H2,1-4H3,(H,24,27)(H,25,30). The number of carbonyl (C=O) groups excluding carboxylic acids is 1. The van der Waals surface area contributed by atoms with Crippen molar-refractivity contribution in [1.29, 1.82) is 0 Å². The number of ether oxygens (including phenoxy) is 1. The van der Waals surface area contributed by atoms with Crippen LogP contribution in [0, 0.1) is 4.77 Å². The third-order valence-electron chi connectivity index (χ3n) is 4.98. The van der Waals surface area contributed by atoms with E-state index in [-0.39, 0.29) is 16.9 Å². The number of hydrogen-bond acceptors (Lipinski definition) is 4. The van der Waals surface area contributed by atoms with Crippen LogP contribution in [0.3, 0.4) is 0 Å². The molecule has 2 aromatic carbocycles. The zero-order valence-corrected chi connectivity index (χ0v) is 18.6. The monoisotopic (exact) mass is 425 g/mol. The summed E-state index contributed by atoms with van der Waals surface area (Å²) in [7, 11) is 1.62. The molecule has 1 amide bonds. The maximum atomic E-state index is 12.8. The van der Waals surface area contributed by atoms with Gasteiger partial charge in [0.1, 0.15) is 0 Å². The van der Waals surface area contributed by atoms with Gasteiger partial charge in [0, 0.05) is 31.5 Å². The van der Waals surface area contributed by atoms with Crippen LogP contribution in [-0.2, 0) is 16.7 Å². The molecule has 0 atom stereocenters. The fourth-order valence-electron chi connectivity index (χ4n) is 3.22. The van der Waals surface area contributed by atoms with Gasteiger partial charge in [0.25, 0.3) is 11.5 Å². The van der Waals surface area contributed by atoms with Crippen LogP contribution in [0.25, 0.3) is 10.9 Å². The van der Waals surface area contributed by atoms with E-state index >= 15 is 0 Å². The molecular weight excluding hydrogens is 398 g/mol. The first-order valence-electron chi connectivity index (χ1n) is 9.88. The molecule has 0 fully saturated rings. The zero-order chi connectivity index (χ0) is 21.9. The number of carbonyl (C=O) groups is 1. The normalized spacial score (nSPS) is 11.6. The second-order valence-electron chi connectivity index (χ2n) is 8.28. The number of aromatic amines is 1. The number of fused-ring (bicyclic) bond motifs is 1. The molecule has 3 rings (SSSR count). The van der Waals surface area contributed by atoms with Gasteiger partial charge in [-0.1, -0.05) is 32.9 Å². The first-order valence-corrected chi connectivity index (χ1v) is 10.3. The quantitative estimate of drug-likeness (QED) is 0.445. The van der Waals surface area contributed by atoms with Gasteiger partial charge in [0.15, 0.2) is 4.77 Å². The van der Waals surface area contributed by atoms with Gasteiger partial charge < -0.3 is 15.0 Å². The minimum absolute atomic E-state index is 0.0507. The predicted octanol–water partition coefficient (Wildman–Crippen LogP) is 4.65. The molecule has 1 heterocycles. The maximum absolute atomic E-state index is 12.8. The summed E-state index contributed by atoms with van der Waals surface area (Å²) in [6, 6.07) is 12.8. The summed E-state index contributed by atoms with van der Waals surface area (Å²) in [5, 5.41) is 3.39. The average Bonchev–Trinajstić information content (AvgIpc) is 2.69. The van der Waals surface area contributed by atoms with E-state index in [1.54, 1.807) is 25.3 Å². The molecule has 6 nitrogen and oxygen atoms in total. The van der Waals surface area contributed by atoms with Gasteiger partial charge in [0.2, 0.25) is 0 Å². The Kier molecular flexibility index (Phi) is 6.53. The number of amides is 1. The van der Waals surface area contributed by atoms with Crippen molar-refractivity contribution >= 4 is 34.7 Å². The maximum Gasteiger partial charge on any atom is 0.262 e. The van der Waals surface area contributed by atoms with E-state index in [9.17, 15) is 9.59 Å². The Morgan fingerprint density at radius 3 is 2.50 bits per heavy atom. The predicted molar refractivity (Wildman–Crippen MR) is 123 cm³/mol. The van der Waals surface area contributed by atoms with E-state index in [0.717, 1.165) is 5.69 Å². The van der Waals surface area contributed by atoms with E-state index in [0.29, 0.717) is 40.8 Å². The first-order chi connectivity index (χ1) is 14.2. The molecular formula is C23H27N3O3S. The zero-order valence-electron chi connectivity index (χ0n) is 17.7. The minimum Gasteiger partial charge on any atom is -0.385 e. The fraction of sp³-hybridized carbons (Fsp3) is 0.348. The second kappa shape index (κ2) is 8.93. The Balaban J connectivity index is 1.84. The topological polar surface area (TPSA) is 76.1 Å². The second-order valence-corrected chi connectivity index (χ2v) is 8.66. The van der Waals surface area contributed by atoms with Gasteiger partial charge in [-0.15, -0.1) is 0 Å². The Morgan fingerprint density at radius 1 is 1.17 bits per heavy atom. The van der Waals surface area contributed by atoms with E-state index < -0.39 is 0 Å². The lowest BCUT2D eigenvalue weighted by Crippen LogP contribution is -2.23. The Morgan fingerprint density at radius 2 is 1.87 bits per heavy atom. The number of methoxy groups -OCH3 is 1. The van der Waals surface area contributed by atoms with Gasteiger partial charge in [-0.25, -0.2) is 0 Å². The summed E-state index contributed by atoms with van der Waals surface area (Å²) < 4.78 is 6.89. The number of rotatable bonds is 6. The SMILES string of the molecule is COCCCn1c(=S)[nH]c2cc(C(=O)Nc3ccc(C(C)(C)C)cc3)ccc2c1=O. The summed E-state index contributed by atoms with van der Waals surface area (Å²) in [4.78, 5) is 28.5. The largest absolute Gasteiger partial charge is 0.385 e. The number of H-pyrrole nitrogens is 1. The van der Waals surface area contributed by atoms with Crippen molar-refractivity contribution in [2.45, 2.75) is 39.2 Å². The van der Waals surface area contributed by atoms with Gasteiger partial charge in [0.05, 0.1) is 10.9 Å². The summed E-state index contributed by atoms with van der Waals surface area (Å²) >= 11 is 5.34. The molecule has 0 aliphatic carbocycles. The summed E-state index contributed by atoms with van der Waals surface area (Å²) in [5.41, 5.74) is 2.78. The molecule has 7 heteroatoms. The number of aromatic nitrogens is 2. The number of benzene rings is 2. The van der Waals surface area contributed by atoms with Crippen LogP contribution < -0.4 is 10.9 Å². The van der Waals surface area contributed by atoms with Crippen LogP contribution in [0.15, 0.2) is 47.3 Å². The summed E-state index contributed by atoms with van der Waals surface area (Å²) in [5.74, 6) is -0.246. The summed E-state index contributed by atoms with van der Waals surface area (Å²) in [6.07, 6.45) is 0.688. The fourth-order valence-corrected chi connectivity index (χ4v) is 3.51. The molecule has 0 saturated heterocycles. The third-order valence-corrected chi connectivity index (χ3v) is 5.31. The molecule has 1 aromatic heterocycles.